The van der Waals surface area contributed by atoms with E-state index in [1.54, 1.807) is 10.9 Å². The molecule has 19 heavy (non-hydrogen) atoms. The van der Waals surface area contributed by atoms with Crippen molar-refractivity contribution in [2.24, 2.45) is 7.05 Å². The maximum atomic E-state index is 5.93. The average molecular weight is 253 g/mol. The summed E-state index contributed by atoms with van der Waals surface area (Å²) in [6.45, 7) is 0.675. The minimum Gasteiger partial charge on any atom is -0.397 e. The second-order valence-corrected chi connectivity index (χ2v) is 4.44. The molecule has 0 amide bonds. The van der Waals surface area contributed by atoms with E-state index < -0.39 is 0 Å². The number of nitrogens with two attached hydrogens (primary N) is 1. The number of nitrogens with zero attached hydrogens (tertiary/aromatic N) is 3. The molecule has 3 N–H and O–H groups in total. The number of fused-ring (bicyclic) bond motifs is 1. The standard InChI is InChI=1S/C14H15N5/c1-19-8-6-10(18-19)9-17-13-5-4-12(15)14-11(13)3-2-7-16-14/h2-8,17H,9,15H2,1H3. The number of hydrogen-bond donors (Lipinski definition) is 2. The summed E-state index contributed by atoms with van der Waals surface area (Å²) in [6.07, 6.45) is 3.68. The lowest BCUT2D eigenvalue weighted by atomic mass is 10.1. The van der Waals surface area contributed by atoms with Crippen LogP contribution in [0.1, 0.15) is 5.69 Å². The number of benzene rings is 1. The number of nitrogen functional groups attached to an aromatic ring is 1. The van der Waals surface area contributed by atoms with E-state index in [9.17, 15) is 0 Å². The van der Waals surface area contributed by atoms with Crippen LogP contribution in [0.4, 0.5) is 11.4 Å². The van der Waals surface area contributed by atoms with E-state index in [4.69, 9.17) is 5.73 Å². The van der Waals surface area contributed by atoms with Crippen molar-refractivity contribution in [1.82, 2.24) is 14.8 Å². The van der Waals surface area contributed by atoms with Crippen LogP contribution in [0.25, 0.3) is 10.9 Å². The minimum absolute atomic E-state index is 0.675. The summed E-state index contributed by atoms with van der Waals surface area (Å²) in [7, 11) is 1.91. The Hall–Kier alpha value is -2.56. The molecule has 2 heterocycles. The zero-order chi connectivity index (χ0) is 13.2. The molecule has 3 aromatic rings. The highest BCUT2D eigenvalue weighted by atomic mass is 15.3. The fourth-order valence-corrected chi connectivity index (χ4v) is 2.09. The third-order valence-corrected chi connectivity index (χ3v) is 3.03. The van der Waals surface area contributed by atoms with Crippen LogP contribution < -0.4 is 11.1 Å². The van der Waals surface area contributed by atoms with Crippen molar-refractivity contribution in [2.45, 2.75) is 6.54 Å². The monoisotopic (exact) mass is 253 g/mol. The number of aromatic nitrogens is 3. The number of hydrogen-bond acceptors (Lipinski definition) is 4. The van der Waals surface area contributed by atoms with Gasteiger partial charge in [0.15, 0.2) is 0 Å². The van der Waals surface area contributed by atoms with Crippen LogP contribution >= 0.6 is 0 Å². The molecule has 96 valence electrons. The highest BCUT2D eigenvalue weighted by Gasteiger charge is 2.05. The van der Waals surface area contributed by atoms with Crippen molar-refractivity contribution >= 4 is 22.3 Å². The zero-order valence-electron chi connectivity index (χ0n) is 10.7. The van der Waals surface area contributed by atoms with Crippen molar-refractivity contribution in [3.63, 3.8) is 0 Å². The molecule has 0 saturated carbocycles. The molecule has 0 spiro atoms. The first-order valence-corrected chi connectivity index (χ1v) is 6.09. The number of nitrogens with one attached hydrogen (secondary N) is 1. The molecule has 5 heteroatoms. The average Bonchev–Trinajstić information content (AvgIpc) is 2.84. The maximum absolute atomic E-state index is 5.93. The highest BCUT2D eigenvalue weighted by Crippen LogP contribution is 2.26. The summed E-state index contributed by atoms with van der Waals surface area (Å²) in [6, 6.07) is 9.76. The zero-order valence-corrected chi connectivity index (χ0v) is 10.7. The Morgan fingerprint density at radius 1 is 1.26 bits per heavy atom. The molecule has 3 rings (SSSR count). The summed E-state index contributed by atoms with van der Waals surface area (Å²) in [5, 5.41) is 8.74. The predicted octanol–water partition coefficient (Wildman–Crippen LogP) is 2.16. The fraction of sp³-hybridized carbons (Fsp3) is 0.143. The Bertz CT molecular complexity index is 717. The van der Waals surface area contributed by atoms with Crippen molar-refractivity contribution in [2.75, 3.05) is 11.1 Å². The number of rotatable bonds is 3. The van der Waals surface area contributed by atoms with E-state index in [0.717, 1.165) is 22.3 Å². The van der Waals surface area contributed by atoms with Crippen molar-refractivity contribution in [3.8, 4) is 0 Å². The van der Waals surface area contributed by atoms with Gasteiger partial charge in [-0.2, -0.15) is 5.10 Å². The Morgan fingerprint density at radius 2 is 2.16 bits per heavy atom. The van der Waals surface area contributed by atoms with Crippen LogP contribution in [-0.4, -0.2) is 14.8 Å². The Kier molecular flexibility index (Phi) is 2.79. The molecule has 0 aliphatic rings. The van der Waals surface area contributed by atoms with E-state index in [1.165, 1.54) is 0 Å². The summed E-state index contributed by atoms with van der Waals surface area (Å²) < 4.78 is 1.79. The topological polar surface area (TPSA) is 68.8 Å². The molecule has 2 aromatic heterocycles. The maximum Gasteiger partial charge on any atom is 0.0951 e. The lowest BCUT2D eigenvalue weighted by Crippen LogP contribution is -2.02. The van der Waals surface area contributed by atoms with Gasteiger partial charge in [-0.1, -0.05) is 0 Å². The summed E-state index contributed by atoms with van der Waals surface area (Å²) in [4.78, 5) is 4.32. The molecule has 0 unspecified atom stereocenters. The highest BCUT2D eigenvalue weighted by molar-refractivity contribution is 5.98. The molecule has 5 nitrogen and oxygen atoms in total. The first-order chi connectivity index (χ1) is 9.24. The summed E-state index contributed by atoms with van der Waals surface area (Å²) in [5.41, 5.74) is 9.46. The quantitative estimate of drug-likeness (QED) is 0.702. The normalized spacial score (nSPS) is 10.8. The van der Waals surface area contributed by atoms with E-state index in [0.29, 0.717) is 12.2 Å². The molecule has 0 aliphatic carbocycles. The lowest BCUT2D eigenvalue weighted by molar-refractivity contribution is 0.747. The van der Waals surface area contributed by atoms with Gasteiger partial charge in [-0.05, 0) is 30.3 Å². The SMILES string of the molecule is Cn1ccc(CNc2ccc(N)c3ncccc23)n1. The molecule has 0 fully saturated rings. The molecular weight excluding hydrogens is 238 g/mol. The van der Waals surface area contributed by atoms with Crippen LogP contribution in [0.5, 0.6) is 0 Å². The van der Waals surface area contributed by atoms with Crippen molar-refractivity contribution in [3.05, 3.63) is 48.4 Å². The fourth-order valence-electron chi connectivity index (χ4n) is 2.09. The summed E-state index contributed by atoms with van der Waals surface area (Å²) >= 11 is 0. The smallest absolute Gasteiger partial charge is 0.0951 e. The first-order valence-electron chi connectivity index (χ1n) is 6.09. The molecule has 1 aromatic carbocycles. The van der Waals surface area contributed by atoms with Gasteiger partial charge in [0.05, 0.1) is 23.4 Å². The molecule has 0 atom stereocenters. The largest absolute Gasteiger partial charge is 0.397 e. The summed E-state index contributed by atoms with van der Waals surface area (Å²) in [5.74, 6) is 0. The van der Waals surface area contributed by atoms with Crippen molar-refractivity contribution < 1.29 is 0 Å². The van der Waals surface area contributed by atoms with Crippen LogP contribution in [0.3, 0.4) is 0 Å². The van der Waals surface area contributed by atoms with Gasteiger partial charge in [-0.3, -0.25) is 9.67 Å². The Labute approximate surface area is 111 Å². The number of aryl methyl sites for hydroxylation is 1. The van der Waals surface area contributed by atoms with Gasteiger partial charge in [0.25, 0.3) is 0 Å². The van der Waals surface area contributed by atoms with Crippen LogP contribution in [0, 0.1) is 0 Å². The predicted molar refractivity (Wildman–Crippen MR) is 76.7 cm³/mol. The third-order valence-electron chi connectivity index (χ3n) is 3.03. The first kappa shape index (κ1) is 11.5. The Balaban J connectivity index is 1.91. The van der Waals surface area contributed by atoms with E-state index in [-0.39, 0.29) is 0 Å². The van der Waals surface area contributed by atoms with Gasteiger partial charge in [0, 0.05) is 30.5 Å². The molecule has 0 aliphatic heterocycles. The van der Waals surface area contributed by atoms with Gasteiger partial charge in [-0.25, -0.2) is 0 Å². The van der Waals surface area contributed by atoms with Gasteiger partial charge < -0.3 is 11.1 Å². The molecule has 0 saturated heterocycles. The van der Waals surface area contributed by atoms with Crippen LogP contribution in [0.2, 0.25) is 0 Å². The van der Waals surface area contributed by atoms with E-state index in [1.807, 2.05) is 43.6 Å². The lowest BCUT2D eigenvalue weighted by Gasteiger charge is -2.09. The van der Waals surface area contributed by atoms with E-state index >= 15 is 0 Å². The number of anilines is 2. The van der Waals surface area contributed by atoms with Gasteiger partial charge >= 0.3 is 0 Å². The van der Waals surface area contributed by atoms with Gasteiger partial charge in [0.2, 0.25) is 0 Å². The third kappa shape index (κ3) is 2.22. The number of pyridine rings is 1. The molecule has 0 bridgehead atoms. The molecular formula is C14H15N5. The van der Waals surface area contributed by atoms with Gasteiger partial charge in [-0.15, -0.1) is 0 Å². The second-order valence-electron chi connectivity index (χ2n) is 4.44. The second kappa shape index (κ2) is 4.61. The van der Waals surface area contributed by atoms with Crippen LogP contribution in [0.15, 0.2) is 42.7 Å². The Morgan fingerprint density at radius 3 is 2.95 bits per heavy atom. The van der Waals surface area contributed by atoms with Crippen molar-refractivity contribution in [1.29, 1.82) is 0 Å². The minimum atomic E-state index is 0.675. The van der Waals surface area contributed by atoms with Crippen LogP contribution in [-0.2, 0) is 13.6 Å². The molecule has 0 radical (unpaired) electrons. The van der Waals surface area contributed by atoms with Gasteiger partial charge in [0.1, 0.15) is 0 Å². The van der Waals surface area contributed by atoms with E-state index in [2.05, 4.69) is 15.4 Å².